The Balaban J connectivity index is 1.73. The molecule has 1 saturated heterocycles. The van der Waals surface area contributed by atoms with Crippen LogP contribution in [0.25, 0.3) is 5.69 Å². The molecule has 2 amide bonds. The fraction of sp³-hybridized carbons (Fsp3) is 0.478. The molecule has 1 N–H and O–H groups in total. The molecule has 0 aliphatic carbocycles. The van der Waals surface area contributed by atoms with Crippen LogP contribution in [0.1, 0.15) is 54.4 Å². The van der Waals surface area contributed by atoms with E-state index in [1.54, 1.807) is 18.5 Å². The third-order valence-corrected chi connectivity index (χ3v) is 5.62. The number of aromatic nitrogens is 2. The molecule has 0 bridgehead atoms. The van der Waals surface area contributed by atoms with Crippen LogP contribution in [0.3, 0.4) is 0 Å². The minimum Gasteiger partial charge on any atom is -0.356 e. The number of hydrogen-bond acceptors (Lipinski definition) is 4. The summed E-state index contributed by atoms with van der Waals surface area (Å²) in [5, 5.41) is 7.41. The maximum atomic E-state index is 13.1. The standard InChI is InChI=1S/C23H30N4O3/c1-4-5-13-24-22(29)18-10-9-14-26(15-18)23(30)21(28)20-16(2)25-27(17(20)3)19-11-7-6-8-12-19/h6-8,11-12,18H,4-5,9-10,13-15H2,1-3H3,(H,24,29). The molecule has 1 aliphatic heterocycles. The molecule has 1 aromatic carbocycles. The van der Waals surface area contributed by atoms with Gasteiger partial charge in [0.25, 0.3) is 11.7 Å². The van der Waals surface area contributed by atoms with Crippen LogP contribution in [-0.4, -0.2) is 51.9 Å². The van der Waals surface area contributed by atoms with Crippen molar-refractivity contribution in [2.45, 2.75) is 46.5 Å². The molecule has 7 nitrogen and oxygen atoms in total. The first-order valence-electron chi connectivity index (χ1n) is 10.7. The number of benzene rings is 1. The Bertz CT molecular complexity index is 920. The van der Waals surface area contributed by atoms with Gasteiger partial charge in [-0.25, -0.2) is 4.68 Å². The van der Waals surface area contributed by atoms with Crippen LogP contribution in [0.4, 0.5) is 0 Å². The van der Waals surface area contributed by atoms with Crippen molar-refractivity contribution in [1.29, 1.82) is 0 Å². The van der Waals surface area contributed by atoms with E-state index in [0.717, 1.165) is 24.9 Å². The number of amides is 2. The average molecular weight is 411 g/mol. The van der Waals surface area contributed by atoms with E-state index in [-0.39, 0.29) is 18.4 Å². The van der Waals surface area contributed by atoms with Gasteiger partial charge in [0.2, 0.25) is 5.91 Å². The molecule has 7 heteroatoms. The molecular weight excluding hydrogens is 380 g/mol. The number of nitrogens with one attached hydrogen (secondary N) is 1. The minimum atomic E-state index is -0.556. The molecule has 2 aromatic rings. The molecule has 1 aliphatic rings. The number of unbranched alkanes of at least 4 members (excludes halogenated alkanes) is 1. The van der Waals surface area contributed by atoms with Gasteiger partial charge in [-0.3, -0.25) is 14.4 Å². The first-order chi connectivity index (χ1) is 14.4. The molecule has 0 radical (unpaired) electrons. The number of carbonyl (C=O) groups is 3. The van der Waals surface area contributed by atoms with Crippen LogP contribution in [0.5, 0.6) is 0 Å². The summed E-state index contributed by atoms with van der Waals surface area (Å²) < 4.78 is 1.69. The summed E-state index contributed by atoms with van der Waals surface area (Å²) in [4.78, 5) is 40.0. The monoisotopic (exact) mass is 410 g/mol. The minimum absolute atomic E-state index is 0.0299. The van der Waals surface area contributed by atoms with Crippen LogP contribution in [0, 0.1) is 19.8 Å². The van der Waals surface area contributed by atoms with Crippen molar-refractivity contribution in [2.24, 2.45) is 5.92 Å². The Hall–Kier alpha value is -2.96. The van der Waals surface area contributed by atoms with Gasteiger partial charge in [-0.05, 0) is 45.2 Å². The summed E-state index contributed by atoms with van der Waals surface area (Å²) in [5.74, 6) is -1.40. The molecule has 1 atom stereocenters. The van der Waals surface area contributed by atoms with Gasteiger partial charge in [0.15, 0.2) is 0 Å². The van der Waals surface area contributed by atoms with E-state index in [1.807, 2.05) is 30.3 Å². The van der Waals surface area contributed by atoms with Gasteiger partial charge in [-0.1, -0.05) is 31.5 Å². The van der Waals surface area contributed by atoms with E-state index in [2.05, 4.69) is 17.3 Å². The predicted octanol–water partition coefficient (Wildman–Crippen LogP) is 2.83. The second kappa shape index (κ2) is 9.69. The van der Waals surface area contributed by atoms with Crippen LogP contribution >= 0.6 is 0 Å². The third kappa shape index (κ3) is 4.61. The summed E-state index contributed by atoms with van der Waals surface area (Å²) in [6.07, 6.45) is 3.40. The molecule has 1 fully saturated rings. The second-order valence-corrected chi connectivity index (χ2v) is 7.86. The predicted molar refractivity (Wildman–Crippen MR) is 115 cm³/mol. The molecule has 1 aromatic heterocycles. The normalized spacial score (nSPS) is 16.4. The molecular formula is C23H30N4O3. The number of ketones is 1. The van der Waals surface area contributed by atoms with Gasteiger partial charge in [0.1, 0.15) is 0 Å². The molecule has 3 rings (SSSR count). The molecule has 160 valence electrons. The summed E-state index contributed by atoms with van der Waals surface area (Å²) in [6, 6.07) is 9.52. The Kier molecular flexibility index (Phi) is 7.03. The molecule has 30 heavy (non-hydrogen) atoms. The Labute approximate surface area is 177 Å². The highest BCUT2D eigenvalue weighted by Crippen LogP contribution is 2.22. The number of aryl methyl sites for hydroxylation is 1. The lowest BCUT2D eigenvalue weighted by molar-refractivity contribution is -0.132. The molecule has 1 unspecified atom stereocenters. The van der Waals surface area contributed by atoms with Crippen molar-refractivity contribution in [3.8, 4) is 5.69 Å². The van der Waals surface area contributed by atoms with E-state index in [4.69, 9.17) is 0 Å². The first-order valence-corrected chi connectivity index (χ1v) is 10.7. The average Bonchev–Trinajstić information content (AvgIpc) is 3.07. The maximum absolute atomic E-state index is 13.1. The largest absolute Gasteiger partial charge is 0.356 e. The lowest BCUT2D eigenvalue weighted by Crippen LogP contribution is -2.47. The number of hydrogen-bond donors (Lipinski definition) is 1. The van der Waals surface area contributed by atoms with Crippen molar-refractivity contribution in [2.75, 3.05) is 19.6 Å². The van der Waals surface area contributed by atoms with Crippen LogP contribution in [-0.2, 0) is 9.59 Å². The molecule has 0 saturated carbocycles. The quantitative estimate of drug-likeness (QED) is 0.432. The number of nitrogens with zero attached hydrogens (tertiary/aromatic N) is 3. The van der Waals surface area contributed by atoms with Gasteiger partial charge in [0, 0.05) is 19.6 Å². The number of Topliss-reactive ketones (excluding diaryl/α,β-unsaturated/α-hetero) is 1. The zero-order valence-corrected chi connectivity index (χ0v) is 18.0. The number of carbonyl (C=O) groups excluding carboxylic acids is 3. The van der Waals surface area contributed by atoms with Gasteiger partial charge < -0.3 is 10.2 Å². The molecule has 2 heterocycles. The Morgan fingerprint density at radius 1 is 1.17 bits per heavy atom. The first kappa shape index (κ1) is 21.7. The summed E-state index contributed by atoms with van der Waals surface area (Å²) in [5.41, 5.74) is 2.35. The number of likely N-dealkylation sites (tertiary alicyclic amines) is 1. The highest BCUT2D eigenvalue weighted by atomic mass is 16.2. The fourth-order valence-corrected chi connectivity index (χ4v) is 3.95. The highest BCUT2D eigenvalue weighted by Gasteiger charge is 2.33. The number of para-hydroxylation sites is 1. The highest BCUT2D eigenvalue weighted by molar-refractivity contribution is 6.43. The maximum Gasteiger partial charge on any atom is 0.295 e. The zero-order chi connectivity index (χ0) is 21.7. The van der Waals surface area contributed by atoms with Crippen LogP contribution < -0.4 is 5.32 Å². The number of rotatable bonds is 7. The number of piperidine rings is 1. The lowest BCUT2D eigenvalue weighted by Gasteiger charge is -2.31. The SMILES string of the molecule is CCCCNC(=O)C1CCCN(C(=O)C(=O)c2c(C)nn(-c3ccccc3)c2C)C1. The summed E-state index contributed by atoms with van der Waals surface area (Å²) >= 11 is 0. The van der Waals surface area contributed by atoms with Gasteiger partial charge in [-0.2, -0.15) is 5.10 Å². The Morgan fingerprint density at radius 2 is 1.90 bits per heavy atom. The molecule has 0 spiro atoms. The topological polar surface area (TPSA) is 84.3 Å². The fourth-order valence-electron chi connectivity index (χ4n) is 3.95. The van der Waals surface area contributed by atoms with E-state index in [1.165, 1.54) is 4.90 Å². The van der Waals surface area contributed by atoms with E-state index in [0.29, 0.717) is 36.5 Å². The second-order valence-electron chi connectivity index (χ2n) is 7.86. The lowest BCUT2D eigenvalue weighted by atomic mass is 9.96. The van der Waals surface area contributed by atoms with Gasteiger partial charge in [0.05, 0.1) is 28.6 Å². The van der Waals surface area contributed by atoms with Crippen molar-refractivity contribution in [1.82, 2.24) is 20.0 Å². The third-order valence-electron chi connectivity index (χ3n) is 5.62. The van der Waals surface area contributed by atoms with Crippen LogP contribution in [0.15, 0.2) is 30.3 Å². The summed E-state index contributed by atoms with van der Waals surface area (Å²) in [6.45, 7) is 7.04. The van der Waals surface area contributed by atoms with Crippen LogP contribution in [0.2, 0.25) is 0 Å². The van der Waals surface area contributed by atoms with Crippen molar-refractivity contribution < 1.29 is 14.4 Å². The van der Waals surface area contributed by atoms with Gasteiger partial charge >= 0.3 is 0 Å². The smallest absolute Gasteiger partial charge is 0.295 e. The van der Waals surface area contributed by atoms with Crippen molar-refractivity contribution >= 4 is 17.6 Å². The van der Waals surface area contributed by atoms with E-state index < -0.39 is 11.7 Å². The summed E-state index contributed by atoms with van der Waals surface area (Å²) in [7, 11) is 0. The van der Waals surface area contributed by atoms with E-state index in [9.17, 15) is 14.4 Å². The van der Waals surface area contributed by atoms with E-state index >= 15 is 0 Å². The van der Waals surface area contributed by atoms with Crippen molar-refractivity contribution in [3.63, 3.8) is 0 Å². The van der Waals surface area contributed by atoms with Crippen molar-refractivity contribution in [3.05, 3.63) is 47.3 Å². The Morgan fingerprint density at radius 3 is 2.60 bits per heavy atom. The van der Waals surface area contributed by atoms with Gasteiger partial charge in [-0.15, -0.1) is 0 Å². The zero-order valence-electron chi connectivity index (χ0n) is 18.0.